The molecule has 0 amide bonds. The smallest absolute Gasteiger partial charge is 0.260 e. The third kappa shape index (κ3) is 1.66. The average molecular weight is 190 g/mol. The van der Waals surface area contributed by atoms with Crippen LogP contribution >= 0.6 is 0 Å². The Hall–Kier alpha value is -1.64. The van der Waals surface area contributed by atoms with Crippen LogP contribution in [0.2, 0.25) is 0 Å². The van der Waals surface area contributed by atoms with E-state index in [1.54, 1.807) is 16.8 Å². The first-order valence-electron chi connectivity index (χ1n) is 4.46. The van der Waals surface area contributed by atoms with Crippen molar-refractivity contribution in [1.29, 1.82) is 0 Å². The number of hydrogen-bond acceptors (Lipinski definition) is 2. The summed E-state index contributed by atoms with van der Waals surface area (Å²) in [6.07, 6.45) is 3.25. The largest absolute Gasteiger partial charge is 0.312 e. The summed E-state index contributed by atoms with van der Waals surface area (Å²) in [6, 6.07) is 1.91. The Kier molecular flexibility index (Phi) is 3.02. The van der Waals surface area contributed by atoms with Crippen molar-refractivity contribution in [1.82, 2.24) is 4.57 Å². The minimum Gasteiger partial charge on any atom is -0.312 e. The third-order valence-electron chi connectivity index (χ3n) is 2.06. The van der Waals surface area contributed by atoms with Gasteiger partial charge in [0.1, 0.15) is 0 Å². The highest BCUT2D eigenvalue weighted by atomic mass is 16.1. The summed E-state index contributed by atoms with van der Waals surface area (Å²) >= 11 is 0. The maximum atomic E-state index is 11.8. The van der Waals surface area contributed by atoms with Gasteiger partial charge in [-0.3, -0.25) is 9.79 Å². The lowest BCUT2D eigenvalue weighted by molar-refractivity contribution is 0.578. The molecule has 0 N–H and O–H groups in total. The summed E-state index contributed by atoms with van der Waals surface area (Å²) in [6.45, 7) is 10.9. The van der Waals surface area contributed by atoms with Crippen LogP contribution in [0.25, 0.3) is 6.08 Å². The zero-order chi connectivity index (χ0) is 10.7. The molecule has 1 aromatic rings. The predicted octanol–water partition coefficient (Wildman–Crippen LogP) is 2.40. The molecular formula is C11H14N2O. The number of hydrogen-bond donors (Lipinski definition) is 0. The second-order valence-electron chi connectivity index (χ2n) is 3.28. The van der Waals surface area contributed by atoms with Crippen LogP contribution in [-0.2, 0) is 0 Å². The average Bonchev–Trinajstić information content (AvgIpc) is 2.16. The summed E-state index contributed by atoms with van der Waals surface area (Å²) in [5.74, 6) is 0. The van der Waals surface area contributed by atoms with Gasteiger partial charge in [0.25, 0.3) is 5.56 Å². The lowest BCUT2D eigenvalue weighted by atomic mass is 10.2. The molecule has 0 aromatic carbocycles. The highest BCUT2D eigenvalue weighted by molar-refractivity contribution is 5.63. The number of aliphatic imine (C=N–C) groups is 1. The van der Waals surface area contributed by atoms with E-state index in [1.807, 2.05) is 13.8 Å². The molecule has 0 aliphatic heterocycles. The monoisotopic (exact) mass is 190 g/mol. The molecule has 3 heteroatoms. The van der Waals surface area contributed by atoms with Crippen LogP contribution in [0, 0.1) is 0 Å². The summed E-state index contributed by atoms with van der Waals surface area (Å²) in [5.41, 5.74) is 1.03. The van der Waals surface area contributed by atoms with Gasteiger partial charge in [0, 0.05) is 12.2 Å². The van der Waals surface area contributed by atoms with Gasteiger partial charge in [-0.15, -0.1) is 0 Å². The van der Waals surface area contributed by atoms with Gasteiger partial charge in [-0.05, 0) is 26.6 Å². The first kappa shape index (κ1) is 10.4. The van der Waals surface area contributed by atoms with Crippen LogP contribution in [-0.4, -0.2) is 11.3 Å². The minimum atomic E-state index is -0.0695. The topological polar surface area (TPSA) is 34.4 Å². The van der Waals surface area contributed by atoms with E-state index in [-0.39, 0.29) is 11.6 Å². The van der Waals surface area contributed by atoms with Crippen molar-refractivity contribution in [3.05, 3.63) is 34.8 Å². The standard InChI is InChI=1S/C11H14N2O/c1-5-9-10(12-4)6-7-13(8(2)3)11(9)14/h5-8H,1,4H2,2-3H3. The van der Waals surface area contributed by atoms with Gasteiger partial charge in [-0.2, -0.15) is 0 Å². The lowest BCUT2D eigenvalue weighted by Crippen LogP contribution is -2.22. The fourth-order valence-electron chi connectivity index (χ4n) is 1.29. The van der Waals surface area contributed by atoms with Crippen LogP contribution in [0.3, 0.4) is 0 Å². The van der Waals surface area contributed by atoms with E-state index < -0.39 is 0 Å². The van der Waals surface area contributed by atoms with E-state index in [0.29, 0.717) is 11.3 Å². The molecule has 0 spiro atoms. The highest BCUT2D eigenvalue weighted by Gasteiger charge is 2.07. The molecule has 0 saturated carbocycles. The van der Waals surface area contributed by atoms with Gasteiger partial charge in [0.2, 0.25) is 0 Å². The van der Waals surface area contributed by atoms with Crippen molar-refractivity contribution in [2.24, 2.45) is 4.99 Å². The maximum absolute atomic E-state index is 11.8. The predicted molar refractivity (Wildman–Crippen MR) is 60.4 cm³/mol. The van der Waals surface area contributed by atoms with Crippen molar-refractivity contribution in [2.75, 3.05) is 0 Å². The molecule has 1 rings (SSSR count). The molecule has 0 fully saturated rings. The van der Waals surface area contributed by atoms with E-state index in [2.05, 4.69) is 18.3 Å². The normalized spacial score (nSPS) is 10.2. The quantitative estimate of drug-likeness (QED) is 0.674. The molecule has 0 saturated heterocycles. The van der Waals surface area contributed by atoms with Crippen LogP contribution in [0.5, 0.6) is 0 Å². The Morgan fingerprint density at radius 3 is 2.64 bits per heavy atom. The van der Waals surface area contributed by atoms with Crippen molar-refractivity contribution < 1.29 is 0 Å². The lowest BCUT2D eigenvalue weighted by Gasteiger charge is -2.11. The maximum Gasteiger partial charge on any atom is 0.260 e. The summed E-state index contributed by atoms with van der Waals surface area (Å²) < 4.78 is 1.64. The molecule has 0 atom stereocenters. The Bertz CT molecular complexity index is 416. The van der Waals surface area contributed by atoms with Crippen LogP contribution < -0.4 is 5.56 Å². The summed E-state index contributed by atoms with van der Waals surface area (Å²) in [4.78, 5) is 15.6. The number of nitrogens with zero attached hydrogens (tertiary/aromatic N) is 2. The van der Waals surface area contributed by atoms with Crippen LogP contribution in [0.4, 0.5) is 5.69 Å². The first-order valence-corrected chi connectivity index (χ1v) is 4.46. The Morgan fingerprint density at radius 2 is 2.21 bits per heavy atom. The van der Waals surface area contributed by atoms with Gasteiger partial charge in [-0.25, -0.2) is 0 Å². The number of pyridine rings is 1. The van der Waals surface area contributed by atoms with Crippen molar-refractivity contribution in [3.8, 4) is 0 Å². The molecule has 1 heterocycles. The number of aromatic nitrogens is 1. The molecule has 14 heavy (non-hydrogen) atoms. The molecule has 0 bridgehead atoms. The molecule has 74 valence electrons. The Labute approximate surface area is 83.4 Å². The molecule has 0 radical (unpaired) electrons. The molecular weight excluding hydrogens is 176 g/mol. The molecule has 0 aliphatic carbocycles. The zero-order valence-corrected chi connectivity index (χ0v) is 8.53. The fourth-order valence-corrected chi connectivity index (χ4v) is 1.29. The van der Waals surface area contributed by atoms with Crippen LogP contribution in [0.15, 0.2) is 28.6 Å². The van der Waals surface area contributed by atoms with E-state index in [1.165, 1.54) is 6.08 Å². The Balaban J connectivity index is 3.50. The SMILES string of the molecule is C=Cc1c(N=C)ccn(C(C)C)c1=O. The zero-order valence-electron chi connectivity index (χ0n) is 8.53. The van der Waals surface area contributed by atoms with Gasteiger partial charge in [0.15, 0.2) is 0 Å². The molecule has 1 aromatic heterocycles. The Morgan fingerprint density at radius 1 is 1.57 bits per heavy atom. The first-order chi connectivity index (χ1) is 6.61. The van der Waals surface area contributed by atoms with Gasteiger partial charge < -0.3 is 4.57 Å². The van der Waals surface area contributed by atoms with E-state index in [4.69, 9.17) is 0 Å². The van der Waals surface area contributed by atoms with Gasteiger partial charge in [-0.1, -0.05) is 12.7 Å². The third-order valence-corrected chi connectivity index (χ3v) is 2.06. The van der Waals surface area contributed by atoms with E-state index in [9.17, 15) is 4.79 Å². The van der Waals surface area contributed by atoms with Gasteiger partial charge >= 0.3 is 0 Å². The minimum absolute atomic E-state index is 0.0695. The summed E-state index contributed by atoms with van der Waals surface area (Å²) in [7, 11) is 0. The number of rotatable bonds is 3. The summed E-state index contributed by atoms with van der Waals surface area (Å²) in [5, 5.41) is 0. The molecule has 0 unspecified atom stereocenters. The van der Waals surface area contributed by atoms with E-state index in [0.717, 1.165) is 0 Å². The second-order valence-corrected chi connectivity index (χ2v) is 3.28. The van der Waals surface area contributed by atoms with Crippen molar-refractivity contribution in [2.45, 2.75) is 19.9 Å². The highest BCUT2D eigenvalue weighted by Crippen LogP contribution is 2.16. The fraction of sp³-hybridized carbons (Fsp3) is 0.273. The van der Waals surface area contributed by atoms with Gasteiger partial charge in [0.05, 0.1) is 11.3 Å². The van der Waals surface area contributed by atoms with E-state index >= 15 is 0 Å². The van der Waals surface area contributed by atoms with Crippen LogP contribution in [0.1, 0.15) is 25.5 Å². The van der Waals surface area contributed by atoms with Crippen molar-refractivity contribution >= 4 is 18.5 Å². The van der Waals surface area contributed by atoms with Crippen molar-refractivity contribution in [3.63, 3.8) is 0 Å². The molecule has 3 nitrogen and oxygen atoms in total. The molecule has 0 aliphatic rings. The second kappa shape index (κ2) is 4.05.